The van der Waals surface area contributed by atoms with Gasteiger partial charge in [-0.3, -0.25) is 14.4 Å². The number of hydrogen-bond donors (Lipinski definition) is 3. The predicted octanol–water partition coefficient (Wildman–Crippen LogP) is 4.72. The minimum atomic E-state index is -1.52. The smallest absolute Gasteiger partial charge is 0.340 e. The maximum absolute atomic E-state index is 12.1. The number of carboxylic acids is 1. The average Bonchev–Trinajstić information content (AvgIpc) is 2.76. The summed E-state index contributed by atoms with van der Waals surface area (Å²) in [4.78, 5) is 46.6. The number of phenolic OH excluding ortho intramolecular Hbond substituents is 1. The van der Waals surface area contributed by atoms with Gasteiger partial charge in [0.25, 0.3) is 0 Å². The first-order valence-corrected chi connectivity index (χ1v) is 11.6. The zero-order valence-electron chi connectivity index (χ0n) is 17.9. The van der Waals surface area contributed by atoms with E-state index in [1.54, 1.807) is 28.7 Å². The molecule has 0 aliphatic carbocycles. The normalized spacial score (nSPS) is 10.7. The highest BCUT2D eigenvalue weighted by Crippen LogP contribution is 2.34. The largest absolute Gasteiger partial charge is 0.504 e. The molecular formula is C23H16I2O9. The van der Waals surface area contributed by atoms with Gasteiger partial charge in [0.15, 0.2) is 17.3 Å². The van der Waals surface area contributed by atoms with E-state index in [1.807, 2.05) is 36.4 Å². The molecule has 2 aromatic heterocycles. The number of aromatic hydroxyl groups is 2. The maximum Gasteiger partial charge on any atom is 0.340 e. The molecule has 4 rings (SSSR count). The highest BCUT2D eigenvalue weighted by atomic mass is 127. The minimum absolute atomic E-state index is 0.0943. The fourth-order valence-electron chi connectivity index (χ4n) is 3.38. The Kier molecular flexibility index (Phi) is 7.35. The summed E-state index contributed by atoms with van der Waals surface area (Å²) in [5, 5.41) is 27.9. The van der Waals surface area contributed by atoms with Gasteiger partial charge >= 0.3 is 5.97 Å². The number of aryl methyl sites for hydroxylation is 1. The van der Waals surface area contributed by atoms with E-state index in [-0.39, 0.29) is 25.8 Å². The van der Waals surface area contributed by atoms with Gasteiger partial charge in [-0.1, -0.05) is 0 Å². The first-order valence-electron chi connectivity index (χ1n) is 9.48. The molecule has 0 aliphatic heterocycles. The van der Waals surface area contributed by atoms with Crippen LogP contribution in [0.2, 0.25) is 0 Å². The topological polar surface area (TPSA) is 155 Å². The number of carbonyl (C=O) groups is 2. The summed E-state index contributed by atoms with van der Waals surface area (Å²) >= 11 is 3.60. The number of Topliss-reactive ketones (excluding diaryl/α,β-unsaturated/α-hetero) is 1. The molecule has 2 heterocycles. The van der Waals surface area contributed by atoms with Gasteiger partial charge in [-0.05, 0) is 83.1 Å². The lowest BCUT2D eigenvalue weighted by molar-refractivity contribution is 0.0694. The fourth-order valence-corrected chi connectivity index (χ4v) is 4.17. The Hall–Kier alpha value is -2.94. The molecule has 3 N–H and O–H groups in total. The number of fused-ring (bicyclic) bond motifs is 2. The van der Waals surface area contributed by atoms with Crippen molar-refractivity contribution in [2.24, 2.45) is 0 Å². The number of rotatable bonds is 2. The second-order valence-electron chi connectivity index (χ2n) is 7.25. The monoisotopic (exact) mass is 690 g/mol. The van der Waals surface area contributed by atoms with E-state index in [9.17, 15) is 29.4 Å². The third-order valence-electron chi connectivity index (χ3n) is 5.09. The van der Waals surface area contributed by atoms with Crippen molar-refractivity contribution in [3.05, 3.63) is 74.5 Å². The summed E-state index contributed by atoms with van der Waals surface area (Å²) in [7, 11) is 0. The molecule has 0 fully saturated rings. The number of carboxylic acid groups (broad SMARTS) is 1. The van der Waals surface area contributed by atoms with Gasteiger partial charge in [0, 0.05) is 11.6 Å². The summed E-state index contributed by atoms with van der Waals surface area (Å²) in [5.74, 6) is -3.12. The van der Waals surface area contributed by atoms with Crippen LogP contribution in [0.15, 0.2) is 43.1 Å². The van der Waals surface area contributed by atoms with Crippen LogP contribution in [-0.2, 0) is 0 Å². The lowest BCUT2D eigenvalue weighted by Crippen LogP contribution is -2.11. The van der Waals surface area contributed by atoms with Crippen LogP contribution in [0, 0.1) is 21.0 Å². The van der Waals surface area contributed by atoms with Crippen LogP contribution in [-0.4, -0.2) is 27.1 Å². The van der Waals surface area contributed by atoms with Gasteiger partial charge < -0.3 is 24.2 Å². The molecule has 4 aromatic rings. The van der Waals surface area contributed by atoms with Crippen molar-refractivity contribution in [1.82, 2.24) is 0 Å². The molecule has 0 amide bonds. The van der Waals surface area contributed by atoms with E-state index in [2.05, 4.69) is 0 Å². The first kappa shape index (κ1) is 25.7. The molecule has 0 aliphatic rings. The lowest BCUT2D eigenvalue weighted by Gasteiger charge is -2.09. The highest BCUT2D eigenvalue weighted by molar-refractivity contribution is 14.1. The molecule has 0 saturated carbocycles. The van der Waals surface area contributed by atoms with Crippen LogP contribution in [0.5, 0.6) is 11.5 Å². The summed E-state index contributed by atoms with van der Waals surface area (Å²) in [5.41, 5.74) is 1.29. The Bertz CT molecular complexity index is 1490. The van der Waals surface area contributed by atoms with Crippen molar-refractivity contribution in [1.29, 1.82) is 0 Å². The van der Waals surface area contributed by atoms with Crippen molar-refractivity contribution in [2.75, 3.05) is 0 Å². The number of hydrogen-bond acceptors (Lipinski definition) is 8. The van der Waals surface area contributed by atoms with Crippen LogP contribution < -0.4 is 10.9 Å². The van der Waals surface area contributed by atoms with E-state index in [4.69, 9.17) is 13.9 Å². The molecule has 0 spiro atoms. The van der Waals surface area contributed by atoms with Crippen molar-refractivity contribution >= 4 is 78.9 Å². The second-order valence-corrected chi connectivity index (χ2v) is 9.57. The highest BCUT2D eigenvalue weighted by Gasteiger charge is 2.22. The van der Waals surface area contributed by atoms with E-state index in [0.29, 0.717) is 20.1 Å². The van der Waals surface area contributed by atoms with Gasteiger partial charge in [0.2, 0.25) is 10.9 Å². The first-order chi connectivity index (χ1) is 15.9. The molecule has 176 valence electrons. The van der Waals surface area contributed by atoms with Gasteiger partial charge in [-0.25, -0.2) is 4.79 Å². The summed E-state index contributed by atoms with van der Waals surface area (Å²) in [6.45, 7) is 5.23. The molecular weight excluding hydrogens is 674 g/mol. The number of benzene rings is 2. The Balaban J connectivity index is 0.000000191. The molecule has 0 unspecified atom stereocenters. The molecule has 11 heteroatoms. The molecule has 0 saturated heterocycles. The standard InChI is InChI=1S/C13H11IO3.C10H5IO6/c1-6-4-10-12(11(7(6)2)8(3)15)13(16)9(14)5-17-10;11-3-2-17-5-1-4(12)9(14)7(10(15)16)6(5)8(3)13/h4-5H,1-3H3;1-2,12,14H,(H,15,16). The molecule has 0 bridgehead atoms. The molecule has 34 heavy (non-hydrogen) atoms. The van der Waals surface area contributed by atoms with E-state index in [1.165, 1.54) is 13.2 Å². The van der Waals surface area contributed by atoms with Crippen LogP contribution in [0.1, 0.15) is 38.8 Å². The van der Waals surface area contributed by atoms with E-state index < -0.39 is 28.5 Å². The summed E-state index contributed by atoms with van der Waals surface area (Å²) in [6.07, 6.45) is 2.57. The average molecular weight is 690 g/mol. The molecule has 0 atom stereocenters. The maximum atomic E-state index is 12.1. The quantitative estimate of drug-likeness (QED) is 0.154. The number of ketones is 1. The third kappa shape index (κ3) is 4.53. The zero-order chi connectivity index (χ0) is 25.5. The minimum Gasteiger partial charge on any atom is -0.504 e. The number of carbonyl (C=O) groups excluding carboxylic acids is 1. The fraction of sp³-hybridized carbons (Fsp3) is 0.130. The number of halogens is 2. The Labute approximate surface area is 218 Å². The van der Waals surface area contributed by atoms with Crippen LogP contribution in [0.25, 0.3) is 21.9 Å². The molecule has 9 nitrogen and oxygen atoms in total. The van der Waals surface area contributed by atoms with Crippen molar-refractivity contribution in [3.8, 4) is 11.5 Å². The summed E-state index contributed by atoms with van der Waals surface area (Å²) in [6, 6.07) is 2.79. The predicted molar refractivity (Wildman–Crippen MR) is 140 cm³/mol. The van der Waals surface area contributed by atoms with Gasteiger partial charge in [-0.2, -0.15) is 0 Å². The second kappa shape index (κ2) is 9.74. The number of phenols is 2. The molecule has 2 aromatic carbocycles. The van der Waals surface area contributed by atoms with Gasteiger partial charge in [-0.15, -0.1) is 0 Å². The van der Waals surface area contributed by atoms with E-state index >= 15 is 0 Å². The number of aromatic carboxylic acids is 1. The van der Waals surface area contributed by atoms with Gasteiger partial charge in [0.05, 0.1) is 17.9 Å². The van der Waals surface area contributed by atoms with Crippen LogP contribution in [0.4, 0.5) is 0 Å². The zero-order valence-corrected chi connectivity index (χ0v) is 22.2. The summed E-state index contributed by atoms with van der Waals surface area (Å²) < 4.78 is 11.1. The third-order valence-corrected chi connectivity index (χ3v) is 6.58. The Morgan fingerprint density at radius 2 is 1.32 bits per heavy atom. The van der Waals surface area contributed by atoms with Crippen LogP contribution in [0.3, 0.4) is 0 Å². The van der Waals surface area contributed by atoms with Gasteiger partial charge in [0.1, 0.15) is 29.3 Å². The van der Waals surface area contributed by atoms with Crippen molar-refractivity contribution in [2.45, 2.75) is 20.8 Å². The van der Waals surface area contributed by atoms with Crippen molar-refractivity contribution < 1.29 is 33.7 Å². The molecule has 0 radical (unpaired) electrons. The Morgan fingerprint density at radius 3 is 1.79 bits per heavy atom. The lowest BCUT2D eigenvalue weighted by atomic mass is 9.96. The van der Waals surface area contributed by atoms with Crippen molar-refractivity contribution in [3.63, 3.8) is 0 Å². The van der Waals surface area contributed by atoms with E-state index in [0.717, 1.165) is 23.5 Å². The van der Waals surface area contributed by atoms with Crippen LogP contribution >= 0.6 is 45.2 Å². The SMILES string of the molecule is CC(=O)c1c(C)c(C)cc2occ(I)c(=O)c12.O=C(O)c1c(O)c(O)cc2occ(I)c(=O)c12. The Morgan fingerprint density at radius 1 is 0.853 bits per heavy atom.